The molecule has 7 heteroatoms. The topological polar surface area (TPSA) is 48.9 Å². The first-order chi connectivity index (χ1) is 10.1. The van der Waals surface area contributed by atoms with Crippen LogP contribution in [0.3, 0.4) is 0 Å². The van der Waals surface area contributed by atoms with Crippen LogP contribution < -0.4 is 10.6 Å². The first-order valence-electron chi connectivity index (χ1n) is 7.88. The smallest absolute Gasteiger partial charge is 0.191 e. The summed E-state index contributed by atoms with van der Waals surface area (Å²) in [6.45, 7) is 8.97. The van der Waals surface area contributed by atoms with Crippen LogP contribution in [0, 0.1) is 5.41 Å². The Labute approximate surface area is 156 Å². The van der Waals surface area contributed by atoms with E-state index in [1.54, 1.807) is 7.11 Å². The van der Waals surface area contributed by atoms with E-state index in [0.717, 1.165) is 25.5 Å². The van der Waals surface area contributed by atoms with Gasteiger partial charge in [-0.25, -0.2) is 0 Å². The molecular formula is C15H31IN4OS. The monoisotopic (exact) mass is 442 g/mol. The summed E-state index contributed by atoms with van der Waals surface area (Å²) in [6, 6.07) is 0.431. The quantitative estimate of drug-likeness (QED) is 0.385. The molecular weight excluding hydrogens is 411 g/mol. The van der Waals surface area contributed by atoms with E-state index in [-0.39, 0.29) is 29.4 Å². The van der Waals surface area contributed by atoms with Crippen molar-refractivity contribution in [2.45, 2.75) is 32.4 Å². The molecule has 22 heavy (non-hydrogen) atoms. The van der Waals surface area contributed by atoms with Crippen LogP contribution in [-0.4, -0.2) is 74.8 Å². The molecule has 2 unspecified atom stereocenters. The summed E-state index contributed by atoms with van der Waals surface area (Å²) in [4.78, 5) is 6.86. The molecule has 0 spiro atoms. The molecule has 0 aromatic carbocycles. The Bertz CT molecular complexity index is 361. The number of hydrogen-bond donors (Lipinski definition) is 2. The highest BCUT2D eigenvalue weighted by Crippen LogP contribution is 2.42. The van der Waals surface area contributed by atoms with Gasteiger partial charge in [-0.15, -0.1) is 24.0 Å². The van der Waals surface area contributed by atoms with E-state index < -0.39 is 0 Å². The summed E-state index contributed by atoms with van der Waals surface area (Å²) in [6.07, 6.45) is 1.40. The minimum atomic E-state index is 0. The van der Waals surface area contributed by atoms with Crippen LogP contribution in [-0.2, 0) is 4.74 Å². The molecule has 1 aliphatic carbocycles. The van der Waals surface area contributed by atoms with E-state index >= 15 is 0 Å². The zero-order valence-electron chi connectivity index (χ0n) is 14.2. The lowest BCUT2D eigenvalue weighted by Crippen LogP contribution is -2.63. The highest BCUT2D eigenvalue weighted by atomic mass is 127. The Morgan fingerprint density at radius 2 is 2.05 bits per heavy atom. The van der Waals surface area contributed by atoms with Gasteiger partial charge in [-0.1, -0.05) is 13.8 Å². The van der Waals surface area contributed by atoms with E-state index in [1.807, 2.05) is 7.05 Å². The van der Waals surface area contributed by atoms with Crippen molar-refractivity contribution in [3.8, 4) is 0 Å². The number of aliphatic imine (C=N–C) groups is 1. The number of thioether (sulfide) groups is 1. The Hall–Kier alpha value is 0.270. The maximum Gasteiger partial charge on any atom is 0.191 e. The standard InChI is InChI=1S/C15H30N4OS.HI/c1-15(2)12(11-13(15)20-4)18-14(16-3)17-5-6-19-7-9-21-10-8-19;/h12-13H,5-11H2,1-4H3,(H2,16,17,18);1H. The summed E-state index contributed by atoms with van der Waals surface area (Å²) < 4.78 is 5.50. The first kappa shape index (κ1) is 20.3. The summed E-state index contributed by atoms with van der Waals surface area (Å²) in [5, 5.41) is 6.97. The van der Waals surface area contributed by atoms with Crippen molar-refractivity contribution in [3.05, 3.63) is 0 Å². The first-order valence-corrected chi connectivity index (χ1v) is 9.03. The molecule has 0 radical (unpaired) electrons. The maximum atomic E-state index is 5.50. The maximum absolute atomic E-state index is 5.50. The Kier molecular flexibility index (Phi) is 8.81. The molecule has 1 saturated heterocycles. The molecule has 0 aromatic heterocycles. The molecule has 0 bridgehead atoms. The number of ether oxygens (including phenoxy) is 1. The van der Waals surface area contributed by atoms with E-state index in [0.29, 0.717) is 12.1 Å². The van der Waals surface area contributed by atoms with Crippen molar-refractivity contribution < 1.29 is 4.74 Å². The van der Waals surface area contributed by atoms with Crippen LogP contribution in [0.15, 0.2) is 4.99 Å². The second-order valence-corrected chi connectivity index (χ2v) is 7.66. The second kappa shape index (κ2) is 9.54. The zero-order valence-corrected chi connectivity index (χ0v) is 17.4. The van der Waals surface area contributed by atoms with E-state index in [9.17, 15) is 0 Å². The van der Waals surface area contributed by atoms with Gasteiger partial charge >= 0.3 is 0 Å². The fourth-order valence-electron chi connectivity index (χ4n) is 3.05. The Morgan fingerprint density at radius 1 is 1.36 bits per heavy atom. The highest BCUT2D eigenvalue weighted by molar-refractivity contribution is 14.0. The lowest BCUT2D eigenvalue weighted by Gasteiger charge is -2.51. The van der Waals surface area contributed by atoms with Gasteiger partial charge in [0.05, 0.1) is 6.10 Å². The molecule has 2 atom stereocenters. The van der Waals surface area contributed by atoms with E-state index in [2.05, 4.69) is 46.1 Å². The molecule has 1 saturated carbocycles. The fourth-order valence-corrected chi connectivity index (χ4v) is 4.03. The van der Waals surface area contributed by atoms with Crippen molar-refractivity contribution in [1.82, 2.24) is 15.5 Å². The van der Waals surface area contributed by atoms with Crippen molar-refractivity contribution >= 4 is 41.7 Å². The molecule has 5 nitrogen and oxygen atoms in total. The summed E-state index contributed by atoms with van der Waals surface area (Å²) in [5.41, 5.74) is 0.163. The second-order valence-electron chi connectivity index (χ2n) is 6.43. The van der Waals surface area contributed by atoms with Crippen LogP contribution in [0.4, 0.5) is 0 Å². The Morgan fingerprint density at radius 3 is 2.59 bits per heavy atom. The molecule has 2 aliphatic rings. The van der Waals surface area contributed by atoms with E-state index in [1.165, 1.54) is 24.6 Å². The van der Waals surface area contributed by atoms with Crippen LogP contribution >= 0.6 is 35.7 Å². The molecule has 2 rings (SSSR count). The zero-order chi connectivity index (χ0) is 15.3. The van der Waals surface area contributed by atoms with Gasteiger partial charge in [0.25, 0.3) is 0 Å². The van der Waals surface area contributed by atoms with E-state index in [4.69, 9.17) is 4.74 Å². The molecule has 2 fully saturated rings. The number of hydrogen-bond acceptors (Lipinski definition) is 4. The molecule has 1 aliphatic heterocycles. The normalized spacial score (nSPS) is 28.5. The van der Waals surface area contributed by atoms with Crippen LogP contribution in [0.2, 0.25) is 0 Å². The fraction of sp³-hybridized carbons (Fsp3) is 0.933. The molecule has 0 aromatic rings. The lowest BCUT2D eigenvalue weighted by molar-refractivity contribution is -0.0922. The highest BCUT2D eigenvalue weighted by Gasteiger charge is 2.48. The third-order valence-corrected chi connectivity index (χ3v) is 5.76. The third-order valence-electron chi connectivity index (χ3n) is 4.82. The van der Waals surface area contributed by atoms with Gasteiger partial charge < -0.3 is 15.4 Å². The van der Waals surface area contributed by atoms with Crippen molar-refractivity contribution in [2.75, 3.05) is 51.8 Å². The predicted octanol–water partition coefficient (Wildman–Crippen LogP) is 1.63. The average molecular weight is 442 g/mol. The SMILES string of the molecule is CN=C(NCCN1CCSCC1)NC1CC(OC)C1(C)C.I. The molecule has 0 amide bonds. The van der Waals surface area contributed by atoms with Gasteiger partial charge in [0.15, 0.2) is 5.96 Å². The van der Waals surface area contributed by atoms with Crippen LogP contribution in [0.1, 0.15) is 20.3 Å². The molecule has 1 heterocycles. The van der Waals surface area contributed by atoms with Gasteiger partial charge in [0.2, 0.25) is 0 Å². The summed E-state index contributed by atoms with van der Waals surface area (Å²) >= 11 is 2.05. The Balaban J connectivity index is 0.00000242. The molecule has 130 valence electrons. The van der Waals surface area contributed by atoms with Gasteiger partial charge in [0.1, 0.15) is 0 Å². The van der Waals surface area contributed by atoms with Crippen molar-refractivity contribution in [2.24, 2.45) is 10.4 Å². The van der Waals surface area contributed by atoms with Gasteiger partial charge in [-0.2, -0.15) is 11.8 Å². The van der Waals surface area contributed by atoms with Gasteiger partial charge in [-0.05, 0) is 6.42 Å². The van der Waals surface area contributed by atoms with Crippen molar-refractivity contribution in [1.29, 1.82) is 0 Å². The average Bonchev–Trinajstić information content (AvgIpc) is 2.50. The largest absolute Gasteiger partial charge is 0.381 e. The third kappa shape index (κ3) is 5.14. The predicted molar refractivity (Wildman–Crippen MR) is 107 cm³/mol. The number of methoxy groups -OCH3 is 1. The number of guanidine groups is 1. The number of halogens is 1. The lowest BCUT2D eigenvalue weighted by atomic mass is 9.64. The van der Waals surface area contributed by atoms with Gasteiger partial charge in [-0.3, -0.25) is 9.89 Å². The summed E-state index contributed by atoms with van der Waals surface area (Å²) in [5.74, 6) is 3.44. The molecule has 2 N–H and O–H groups in total. The van der Waals surface area contributed by atoms with Crippen LogP contribution in [0.25, 0.3) is 0 Å². The number of nitrogens with zero attached hydrogens (tertiary/aromatic N) is 2. The van der Waals surface area contributed by atoms with Crippen LogP contribution in [0.5, 0.6) is 0 Å². The van der Waals surface area contributed by atoms with Gasteiger partial charge in [0, 0.05) is 63.3 Å². The minimum Gasteiger partial charge on any atom is -0.381 e. The van der Waals surface area contributed by atoms with Crippen molar-refractivity contribution in [3.63, 3.8) is 0 Å². The minimum absolute atomic E-state index is 0. The number of rotatable bonds is 5. The number of nitrogens with one attached hydrogen (secondary N) is 2. The summed E-state index contributed by atoms with van der Waals surface area (Å²) in [7, 11) is 3.64.